The Morgan fingerprint density at radius 2 is 2.11 bits per heavy atom. The molecule has 0 aliphatic heterocycles. The van der Waals surface area contributed by atoms with E-state index in [1.807, 2.05) is 0 Å². The average molecular weight is 300 g/mol. The van der Waals surface area contributed by atoms with Crippen molar-refractivity contribution in [3.8, 4) is 5.75 Å². The highest BCUT2D eigenvalue weighted by Crippen LogP contribution is 2.32. The topological polar surface area (TPSA) is 72.5 Å². The van der Waals surface area contributed by atoms with E-state index in [1.54, 1.807) is 0 Å². The van der Waals surface area contributed by atoms with Gasteiger partial charge in [-0.25, -0.2) is 9.18 Å². The van der Waals surface area contributed by atoms with Gasteiger partial charge in [0.25, 0.3) is 0 Å². The van der Waals surface area contributed by atoms with Gasteiger partial charge in [0.1, 0.15) is 6.04 Å². The lowest BCUT2D eigenvalue weighted by atomic mass is 10.0. The van der Waals surface area contributed by atoms with E-state index < -0.39 is 29.5 Å². The maximum absolute atomic E-state index is 13.5. The van der Waals surface area contributed by atoms with Crippen LogP contribution in [0.1, 0.15) is 18.5 Å². The molecule has 0 bridgehead atoms. The predicted octanol–water partition coefficient (Wildman–Crippen LogP) is 2.15. The summed E-state index contributed by atoms with van der Waals surface area (Å²) < 4.78 is 44.3. The summed E-state index contributed by atoms with van der Waals surface area (Å²) in [6.07, 6.45) is 0. The molecule has 1 aromatic rings. The van der Waals surface area contributed by atoms with Crippen molar-refractivity contribution in [1.82, 2.24) is 0 Å². The highest BCUT2D eigenvalue weighted by Gasteiger charge is 2.47. The smallest absolute Gasteiger partial charge is 0.379 e. The van der Waals surface area contributed by atoms with Crippen molar-refractivity contribution < 1.29 is 27.8 Å². The normalized spacial score (nSPS) is 12.5. The number of halogens is 4. The second-order valence-electron chi connectivity index (χ2n) is 3.53. The molecule has 1 aromatic carbocycles. The number of ether oxygens (including phenoxy) is 1. The van der Waals surface area contributed by atoms with Crippen molar-refractivity contribution in [2.45, 2.75) is 18.9 Å². The maximum Gasteiger partial charge on any atom is 0.379 e. The van der Waals surface area contributed by atoms with Gasteiger partial charge in [0.15, 0.2) is 11.6 Å². The van der Waals surface area contributed by atoms with Crippen LogP contribution in [0, 0.1) is 5.82 Å². The van der Waals surface area contributed by atoms with E-state index in [4.69, 9.17) is 10.8 Å². The number of nitrogens with two attached hydrogens (primary N) is 1. The lowest BCUT2D eigenvalue weighted by Crippen LogP contribution is -2.41. The quantitative estimate of drug-likeness (QED) is 0.836. The molecule has 108 valence electrons. The Bertz CT molecular complexity index is 457. The molecule has 0 fully saturated rings. The zero-order valence-electron chi connectivity index (χ0n) is 9.90. The van der Waals surface area contributed by atoms with E-state index in [1.165, 1.54) is 6.92 Å². The molecule has 3 N–H and O–H groups in total. The summed E-state index contributed by atoms with van der Waals surface area (Å²) in [6, 6.07) is 0.487. The van der Waals surface area contributed by atoms with Crippen molar-refractivity contribution >= 4 is 18.4 Å². The number of aromatic hydroxyl groups is 1. The van der Waals surface area contributed by atoms with Crippen molar-refractivity contribution in [3.05, 3.63) is 29.6 Å². The lowest BCUT2D eigenvalue weighted by Gasteiger charge is -2.21. The Kier molecular flexibility index (Phi) is 6.11. The standard InChI is InChI=1S/C11H12F3NO3.ClH/c1-2-18-10(17)11(13,14)9(15)6-3-4-8(16)7(12)5-6;/h3-5,9,16H,2,15H2,1H3;1H/t9-;/m0./s1. The molecule has 0 radical (unpaired) electrons. The van der Waals surface area contributed by atoms with Crippen molar-refractivity contribution in [3.63, 3.8) is 0 Å². The number of rotatable bonds is 4. The zero-order valence-corrected chi connectivity index (χ0v) is 10.7. The van der Waals surface area contributed by atoms with Crippen LogP contribution in [-0.4, -0.2) is 23.6 Å². The van der Waals surface area contributed by atoms with E-state index in [2.05, 4.69) is 4.74 Å². The number of hydrogen-bond acceptors (Lipinski definition) is 4. The van der Waals surface area contributed by atoms with Crippen molar-refractivity contribution in [1.29, 1.82) is 0 Å². The molecule has 1 rings (SSSR count). The highest BCUT2D eigenvalue weighted by atomic mass is 35.5. The Morgan fingerprint density at radius 3 is 2.58 bits per heavy atom. The second-order valence-corrected chi connectivity index (χ2v) is 3.53. The number of hydrogen-bond donors (Lipinski definition) is 2. The van der Waals surface area contributed by atoms with Crippen LogP contribution in [0.2, 0.25) is 0 Å². The summed E-state index contributed by atoms with van der Waals surface area (Å²) in [4.78, 5) is 11.0. The van der Waals surface area contributed by atoms with Crippen LogP contribution < -0.4 is 5.73 Å². The van der Waals surface area contributed by atoms with Gasteiger partial charge in [0.2, 0.25) is 0 Å². The Morgan fingerprint density at radius 1 is 1.53 bits per heavy atom. The third-order valence-corrected chi connectivity index (χ3v) is 2.27. The van der Waals surface area contributed by atoms with Gasteiger partial charge < -0.3 is 15.6 Å². The number of phenols is 1. The van der Waals surface area contributed by atoms with Gasteiger partial charge in [-0.3, -0.25) is 0 Å². The molecule has 0 heterocycles. The molecule has 8 heteroatoms. The molecule has 0 aliphatic rings. The molecule has 0 saturated carbocycles. The number of alkyl halides is 2. The number of phenolic OH excluding ortho intramolecular Hbond substituents is 1. The molecule has 0 amide bonds. The minimum Gasteiger partial charge on any atom is -0.505 e. The molecule has 0 unspecified atom stereocenters. The fourth-order valence-electron chi connectivity index (χ4n) is 1.28. The second kappa shape index (κ2) is 6.63. The van der Waals surface area contributed by atoms with Gasteiger partial charge in [0.05, 0.1) is 6.61 Å². The molecule has 0 aliphatic carbocycles. The number of carbonyl (C=O) groups is 1. The number of carbonyl (C=O) groups excluding carboxylic acids is 1. The van der Waals surface area contributed by atoms with Crippen LogP contribution in [0.3, 0.4) is 0 Å². The van der Waals surface area contributed by atoms with E-state index in [9.17, 15) is 18.0 Å². The Balaban J connectivity index is 0.00000324. The highest BCUT2D eigenvalue weighted by molar-refractivity contribution is 5.85. The number of esters is 1. The molecule has 0 aromatic heterocycles. The maximum atomic E-state index is 13.5. The van der Waals surface area contributed by atoms with Crippen LogP contribution in [0.25, 0.3) is 0 Å². The monoisotopic (exact) mass is 299 g/mol. The minimum absolute atomic E-state index is 0. The fraction of sp³-hybridized carbons (Fsp3) is 0.364. The molecule has 0 spiro atoms. The van der Waals surface area contributed by atoms with E-state index in [0.717, 1.165) is 12.1 Å². The first-order valence-electron chi connectivity index (χ1n) is 5.09. The van der Waals surface area contributed by atoms with Gasteiger partial charge in [-0.2, -0.15) is 8.78 Å². The SMILES string of the molecule is CCOC(=O)C(F)(F)[C@@H](N)c1ccc(O)c(F)c1.Cl. The van der Waals surface area contributed by atoms with Gasteiger partial charge >= 0.3 is 11.9 Å². The predicted molar refractivity (Wildman–Crippen MR) is 63.8 cm³/mol. The van der Waals surface area contributed by atoms with Gasteiger partial charge in [0, 0.05) is 0 Å². The molecule has 1 atom stereocenters. The lowest BCUT2D eigenvalue weighted by molar-refractivity contribution is -0.174. The first-order valence-corrected chi connectivity index (χ1v) is 5.09. The van der Waals surface area contributed by atoms with Crippen molar-refractivity contribution in [2.24, 2.45) is 5.73 Å². The summed E-state index contributed by atoms with van der Waals surface area (Å²) in [5.74, 6) is -7.53. The van der Waals surface area contributed by atoms with Gasteiger partial charge in [-0.15, -0.1) is 12.4 Å². The zero-order chi connectivity index (χ0) is 13.9. The number of benzene rings is 1. The summed E-state index contributed by atoms with van der Waals surface area (Å²) in [6.45, 7) is 1.16. The van der Waals surface area contributed by atoms with Gasteiger partial charge in [-0.1, -0.05) is 6.07 Å². The summed E-state index contributed by atoms with van der Waals surface area (Å²) in [5.41, 5.74) is 4.91. The molecule has 19 heavy (non-hydrogen) atoms. The minimum atomic E-state index is -3.97. The molecule has 0 saturated heterocycles. The third-order valence-electron chi connectivity index (χ3n) is 2.27. The van der Waals surface area contributed by atoms with E-state index >= 15 is 0 Å². The summed E-state index contributed by atoms with van der Waals surface area (Å²) in [5, 5.41) is 8.93. The first kappa shape index (κ1) is 17.5. The Labute approximate surface area is 113 Å². The van der Waals surface area contributed by atoms with Crippen LogP contribution >= 0.6 is 12.4 Å². The Hall–Kier alpha value is -1.47. The third kappa shape index (κ3) is 3.74. The first-order chi connectivity index (χ1) is 8.30. The average Bonchev–Trinajstić information content (AvgIpc) is 2.32. The van der Waals surface area contributed by atoms with Crippen LogP contribution in [0.5, 0.6) is 5.75 Å². The summed E-state index contributed by atoms with van der Waals surface area (Å²) >= 11 is 0. The molecule has 4 nitrogen and oxygen atoms in total. The summed E-state index contributed by atoms with van der Waals surface area (Å²) in [7, 11) is 0. The van der Waals surface area contributed by atoms with Crippen LogP contribution in [0.15, 0.2) is 18.2 Å². The van der Waals surface area contributed by atoms with E-state index in [-0.39, 0.29) is 24.6 Å². The van der Waals surface area contributed by atoms with Gasteiger partial charge in [-0.05, 0) is 24.6 Å². The van der Waals surface area contributed by atoms with Crippen LogP contribution in [0.4, 0.5) is 13.2 Å². The molecular weight excluding hydrogens is 287 g/mol. The van der Waals surface area contributed by atoms with Crippen LogP contribution in [-0.2, 0) is 9.53 Å². The van der Waals surface area contributed by atoms with Crippen molar-refractivity contribution in [2.75, 3.05) is 6.61 Å². The largest absolute Gasteiger partial charge is 0.505 e. The fourth-order valence-corrected chi connectivity index (χ4v) is 1.28. The van der Waals surface area contributed by atoms with E-state index in [0.29, 0.717) is 6.07 Å². The molecular formula is C11H13ClF3NO3.